The summed E-state index contributed by atoms with van der Waals surface area (Å²) in [4.78, 5) is 33.2. The molecule has 1 aromatic heterocycles. The average Bonchev–Trinajstić information content (AvgIpc) is 3.51. The molecule has 0 atom stereocenters. The summed E-state index contributed by atoms with van der Waals surface area (Å²) >= 11 is 0. The molecule has 270 valence electrons. The Morgan fingerprint density at radius 2 is 1.27 bits per heavy atom. The molecular formula is C27H17N4O16S4-5. The monoisotopic (exact) mass is 781 g/mol. The summed E-state index contributed by atoms with van der Waals surface area (Å²) in [7, 11) is -21.4. The molecule has 51 heavy (non-hydrogen) atoms. The highest BCUT2D eigenvalue weighted by molar-refractivity contribution is 7.87. The Hall–Kier alpha value is -5.21. The number of Topliss-reactive ketones (excluding diaryl/α,β-unsaturated/α-hetero) is 2. The molecule has 0 saturated heterocycles. The largest absolute Gasteiger partial charge is 0.858 e. The lowest BCUT2D eigenvalue weighted by molar-refractivity contribution is -0.278. The number of amides is 1. The molecule has 0 spiro atoms. The quantitative estimate of drug-likeness (QED) is 0.0999. The van der Waals surface area contributed by atoms with Crippen molar-refractivity contribution in [3.05, 3.63) is 77.5 Å². The van der Waals surface area contributed by atoms with Crippen LogP contribution in [0.2, 0.25) is 0 Å². The van der Waals surface area contributed by atoms with Gasteiger partial charge in [-0.3, -0.25) is 14.4 Å². The number of aromatic nitrogens is 2. The SMILES string of the molecule is CC(=O)C1=NN(c2cc(S(=O)(=O)[O-])ccc2S(=O)(=O)[O-])C(=O)/C1=C/C=C/C=C/c1c(C(C)=O)nn(-c2ccc(S(=O)(=O)[O-])cc2S(=O)(=O)[O-])c1[O-]. The van der Waals surface area contributed by atoms with E-state index in [2.05, 4.69) is 10.2 Å². The van der Waals surface area contributed by atoms with Crippen LogP contribution in [0.1, 0.15) is 29.9 Å². The second-order valence-electron chi connectivity index (χ2n) is 10.1. The molecular weight excluding hydrogens is 765 g/mol. The van der Waals surface area contributed by atoms with E-state index in [0.717, 1.165) is 44.2 Å². The van der Waals surface area contributed by atoms with Gasteiger partial charge in [0.25, 0.3) is 5.91 Å². The van der Waals surface area contributed by atoms with Crippen molar-refractivity contribution < 1.29 is 71.4 Å². The predicted molar refractivity (Wildman–Crippen MR) is 163 cm³/mol. The van der Waals surface area contributed by atoms with E-state index in [1.807, 2.05) is 0 Å². The number of hydrogen-bond donors (Lipinski definition) is 0. The fourth-order valence-corrected chi connectivity index (χ4v) is 6.78. The second kappa shape index (κ2) is 13.5. The fourth-order valence-electron chi connectivity index (χ4n) is 4.40. The molecule has 3 aromatic rings. The Morgan fingerprint density at radius 3 is 1.80 bits per heavy atom. The molecule has 4 rings (SSSR count). The lowest BCUT2D eigenvalue weighted by Gasteiger charge is -2.20. The highest BCUT2D eigenvalue weighted by atomic mass is 32.2. The Balaban J connectivity index is 1.74. The van der Waals surface area contributed by atoms with Gasteiger partial charge in [-0.15, -0.1) is 0 Å². The van der Waals surface area contributed by atoms with Crippen molar-refractivity contribution in [3.63, 3.8) is 0 Å². The number of carbonyl (C=O) groups is 3. The first-order chi connectivity index (χ1) is 23.3. The van der Waals surface area contributed by atoms with Gasteiger partial charge in [-0.05, 0) is 48.4 Å². The zero-order valence-corrected chi connectivity index (χ0v) is 28.6. The van der Waals surface area contributed by atoms with Crippen molar-refractivity contribution in [2.45, 2.75) is 33.4 Å². The van der Waals surface area contributed by atoms with E-state index >= 15 is 0 Å². The van der Waals surface area contributed by atoms with Crippen LogP contribution >= 0.6 is 0 Å². The van der Waals surface area contributed by atoms with E-state index in [4.69, 9.17) is 0 Å². The minimum atomic E-state index is -5.52. The molecule has 1 aliphatic rings. The molecule has 24 heteroatoms. The highest BCUT2D eigenvalue weighted by Crippen LogP contribution is 2.33. The number of anilines is 1. The first-order valence-corrected chi connectivity index (χ1v) is 18.9. The van der Waals surface area contributed by atoms with Gasteiger partial charge in [0, 0.05) is 19.4 Å². The number of hydrazone groups is 1. The normalized spacial score (nSPS) is 15.3. The van der Waals surface area contributed by atoms with Gasteiger partial charge in [-0.2, -0.15) is 15.2 Å². The first kappa shape index (κ1) is 38.6. The van der Waals surface area contributed by atoms with Crippen LogP contribution in [0.4, 0.5) is 5.69 Å². The lowest BCUT2D eigenvalue weighted by atomic mass is 10.1. The van der Waals surface area contributed by atoms with Crippen LogP contribution in [0.15, 0.2) is 91.0 Å². The topological polar surface area (TPSA) is 336 Å². The van der Waals surface area contributed by atoms with Crippen molar-refractivity contribution in [2.75, 3.05) is 5.01 Å². The Bertz CT molecular complexity index is 2620. The van der Waals surface area contributed by atoms with Crippen LogP contribution in [0, 0.1) is 0 Å². The molecule has 0 unspecified atom stereocenters. The van der Waals surface area contributed by atoms with E-state index in [1.165, 1.54) is 0 Å². The smallest absolute Gasteiger partial charge is 0.281 e. The Morgan fingerprint density at radius 1 is 0.706 bits per heavy atom. The van der Waals surface area contributed by atoms with Gasteiger partial charge in [0.2, 0.25) is 0 Å². The summed E-state index contributed by atoms with van der Waals surface area (Å²) in [6.07, 6.45) is 5.26. The van der Waals surface area contributed by atoms with Gasteiger partial charge in [0.15, 0.2) is 11.6 Å². The van der Waals surface area contributed by atoms with Crippen LogP contribution in [-0.4, -0.2) is 84.8 Å². The van der Waals surface area contributed by atoms with Crippen LogP contribution in [0.5, 0.6) is 5.88 Å². The molecule has 1 amide bonds. The minimum Gasteiger partial charge on any atom is -0.858 e. The maximum absolute atomic E-state index is 13.2. The minimum absolute atomic E-state index is 0.229. The summed E-state index contributed by atoms with van der Waals surface area (Å²) in [5.41, 5.74) is -3.82. The second-order valence-corrected chi connectivity index (χ2v) is 15.5. The van der Waals surface area contributed by atoms with Gasteiger partial charge >= 0.3 is 0 Å². The molecule has 0 saturated carbocycles. The van der Waals surface area contributed by atoms with E-state index < -0.39 is 117 Å². The van der Waals surface area contributed by atoms with Crippen molar-refractivity contribution in [3.8, 4) is 11.6 Å². The maximum Gasteiger partial charge on any atom is 0.281 e. The van der Waals surface area contributed by atoms with Crippen LogP contribution in [0.25, 0.3) is 11.8 Å². The van der Waals surface area contributed by atoms with Gasteiger partial charge in [0.05, 0.1) is 36.5 Å². The fraction of sp³-hybridized carbons (Fsp3) is 0.0741. The van der Waals surface area contributed by atoms with E-state index in [0.29, 0.717) is 35.0 Å². The van der Waals surface area contributed by atoms with E-state index in [9.17, 15) is 71.4 Å². The summed E-state index contributed by atoms with van der Waals surface area (Å²) in [6.45, 7) is 1.94. The first-order valence-electron chi connectivity index (χ1n) is 13.3. The summed E-state index contributed by atoms with van der Waals surface area (Å²) in [5.74, 6) is -4.09. The number of ketones is 2. The summed E-state index contributed by atoms with van der Waals surface area (Å²) in [5, 5.41) is 20.9. The number of hydrogen-bond acceptors (Lipinski definition) is 18. The molecule has 0 aliphatic carbocycles. The molecule has 1 aliphatic heterocycles. The zero-order valence-electron chi connectivity index (χ0n) is 25.3. The Labute approximate surface area is 288 Å². The van der Waals surface area contributed by atoms with Crippen molar-refractivity contribution in [2.24, 2.45) is 5.10 Å². The maximum atomic E-state index is 13.2. The summed E-state index contributed by atoms with van der Waals surface area (Å²) < 4.78 is 140. The molecule has 2 aromatic carbocycles. The van der Waals surface area contributed by atoms with Gasteiger partial charge in [0.1, 0.15) is 51.9 Å². The van der Waals surface area contributed by atoms with Crippen LogP contribution in [0.3, 0.4) is 0 Å². The number of carbonyl (C=O) groups excluding carboxylic acids is 3. The molecule has 0 bridgehead atoms. The average molecular weight is 782 g/mol. The highest BCUT2D eigenvalue weighted by Gasteiger charge is 2.35. The van der Waals surface area contributed by atoms with Gasteiger partial charge in [-0.25, -0.2) is 38.4 Å². The number of nitrogens with zero attached hydrogens (tertiary/aromatic N) is 4. The molecule has 2 heterocycles. The third-order valence-electron chi connectivity index (χ3n) is 6.60. The summed E-state index contributed by atoms with van der Waals surface area (Å²) in [6, 6.07) is 2.90. The van der Waals surface area contributed by atoms with Gasteiger partial charge < -0.3 is 23.3 Å². The molecule has 0 radical (unpaired) electrons. The number of rotatable bonds is 11. The molecule has 0 fully saturated rings. The zero-order chi connectivity index (χ0) is 38.4. The van der Waals surface area contributed by atoms with E-state index in [1.54, 1.807) is 0 Å². The third kappa shape index (κ3) is 8.07. The van der Waals surface area contributed by atoms with Gasteiger partial charge in [-0.1, -0.05) is 24.3 Å². The standard InChI is InChI=1S/C27H22N4O16S4/c1-14(32)24-18(26(34)30(28-24)20-10-8-17(49(39,40)41)13-23(20)51(45,46)47)6-4-3-5-7-19-25(15(2)33)29-31(27(19)35)21-12-16(48(36,37)38)9-11-22(21)50(42,43)44/h3-13,34H,1-2H3,(H,36,37,38)(H,39,40,41)(H,42,43,44)(H,45,46,47)/p-5/b5-3+,6-4+,19-7+. The molecule has 20 nitrogen and oxygen atoms in total. The Kier molecular flexibility index (Phi) is 10.2. The van der Waals surface area contributed by atoms with Crippen LogP contribution in [-0.2, 0) is 50.1 Å². The number of benzene rings is 2. The van der Waals surface area contributed by atoms with Crippen molar-refractivity contribution in [1.29, 1.82) is 0 Å². The van der Waals surface area contributed by atoms with Crippen molar-refractivity contribution in [1.82, 2.24) is 9.78 Å². The number of allylic oxidation sites excluding steroid dienone is 4. The van der Waals surface area contributed by atoms with Crippen molar-refractivity contribution >= 4 is 75.4 Å². The predicted octanol–water partition coefficient (Wildman–Crippen LogP) is -0.747. The van der Waals surface area contributed by atoms with E-state index in [-0.39, 0.29) is 11.1 Å². The third-order valence-corrected chi connectivity index (χ3v) is 10.0. The van der Waals surface area contributed by atoms with Crippen LogP contribution < -0.4 is 10.1 Å². The molecule has 0 N–H and O–H groups in total. The lowest BCUT2D eigenvalue weighted by Crippen LogP contribution is -2.24.